The summed E-state index contributed by atoms with van der Waals surface area (Å²) in [5.41, 5.74) is 2.36. The molecule has 0 spiro atoms. The minimum absolute atomic E-state index is 0.119. The van der Waals surface area contributed by atoms with Crippen LogP contribution in [0.1, 0.15) is 21.5 Å². The van der Waals surface area contributed by atoms with E-state index in [-0.39, 0.29) is 12.3 Å². The Morgan fingerprint density at radius 1 is 0.933 bits per heavy atom. The average molecular weight is 465 g/mol. The van der Waals surface area contributed by atoms with Crippen LogP contribution in [0.2, 0.25) is 15.1 Å². The number of anilines is 1. The van der Waals surface area contributed by atoms with Crippen molar-refractivity contribution in [3.63, 3.8) is 0 Å². The Morgan fingerprint density at radius 2 is 1.70 bits per heavy atom. The number of carboxylic acid groups (broad SMARTS) is 1. The summed E-state index contributed by atoms with van der Waals surface area (Å²) in [5.74, 6) is -0.331. The molecule has 30 heavy (non-hydrogen) atoms. The number of amides is 1. The van der Waals surface area contributed by atoms with E-state index in [1.807, 2.05) is 6.92 Å². The molecular formula is C22H16Cl3NO4. The number of rotatable bonds is 6. The highest BCUT2D eigenvalue weighted by molar-refractivity contribution is 6.42. The van der Waals surface area contributed by atoms with Crippen LogP contribution >= 0.6 is 34.8 Å². The number of hydrogen-bond donors (Lipinski definition) is 2. The van der Waals surface area contributed by atoms with E-state index in [0.717, 1.165) is 5.56 Å². The molecule has 1 amide bonds. The normalized spacial score (nSPS) is 10.5. The summed E-state index contributed by atoms with van der Waals surface area (Å²) in [7, 11) is 0. The molecule has 2 N–H and O–H groups in total. The fraction of sp³-hybridized carbons (Fsp3) is 0.0909. The van der Waals surface area contributed by atoms with Crippen molar-refractivity contribution in [2.45, 2.75) is 13.3 Å². The Hall–Kier alpha value is -2.73. The number of hydrogen-bond acceptors (Lipinski definition) is 3. The molecule has 0 saturated carbocycles. The second-order valence-corrected chi connectivity index (χ2v) is 7.72. The summed E-state index contributed by atoms with van der Waals surface area (Å²) in [6, 6.07) is 14.6. The lowest BCUT2D eigenvalue weighted by atomic mass is 10.1. The van der Waals surface area contributed by atoms with Crippen molar-refractivity contribution in [2.75, 3.05) is 5.32 Å². The number of aryl methyl sites for hydroxylation is 1. The number of nitrogens with one attached hydrogen (secondary N) is 1. The van der Waals surface area contributed by atoms with Crippen molar-refractivity contribution >= 4 is 52.4 Å². The van der Waals surface area contributed by atoms with E-state index in [1.165, 1.54) is 6.07 Å². The van der Waals surface area contributed by atoms with Crippen LogP contribution in [0.4, 0.5) is 5.69 Å². The van der Waals surface area contributed by atoms with E-state index in [9.17, 15) is 9.59 Å². The van der Waals surface area contributed by atoms with Crippen LogP contribution in [0.15, 0.2) is 54.6 Å². The van der Waals surface area contributed by atoms with Gasteiger partial charge in [0.15, 0.2) is 0 Å². The zero-order chi connectivity index (χ0) is 21.8. The average Bonchev–Trinajstić information content (AvgIpc) is 2.67. The lowest BCUT2D eigenvalue weighted by Gasteiger charge is -2.13. The van der Waals surface area contributed by atoms with E-state index in [4.69, 9.17) is 44.6 Å². The molecule has 3 aromatic rings. The number of halogens is 3. The highest BCUT2D eigenvalue weighted by Crippen LogP contribution is 2.32. The molecular weight excluding hydrogens is 449 g/mol. The fourth-order valence-corrected chi connectivity index (χ4v) is 3.25. The van der Waals surface area contributed by atoms with Gasteiger partial charge in [0.2, 0.25) is 0 Å². The SMILES string of the molecule is Cc1cc(Oc2ccc(CC(=O)O)cc2Cl)ccc1NC(=O)c1ccc(Cl)c(Cl)c1. The predicted octanol–water partition coefficient (Wildman–Crippen LogP) is 6.63. The maximum absolute atomic E-state index is 12.5. The molecule has 0 fully saturated rings. The van der Waals surface area contributed by atoms with Gasteiger partial charge in [0.05, 0.1) is 21.5 Å². The second kappa shape index (κ2) is 9.39. The zero-order valence-corrected chi connectivity index (χ0v) is 18.0. The first-order chi connectivity index (χ1) is 14.2. The third-order valence-corrected chi connectivity index (χ3v) is 5.24. The third kappa shape index (κ3) is 5.45. The maximum atomic E-state index is 12.5. The summed E-state index contributed by atoms with van der Waals surface area (Å²) in [5, 5.41) is 12.7. The van der Waals surface area contributed by atoms with Crippen LogP contribution in [0.25, 0.3) is 0 Å². The van der Waals surface area contributed by atoms with Crippen LogP contribution in [-0.4, -0.2) is 17.0 Å². The molecule has 8 heteroatoms. The highest BCUT2D eigenvalue weighted by atomic mass is 35.5. The zero-order valence-electron chi connectivity index (χ0n) is 15.7. The third-order valence-electron chi connectivity index (χ3n) is 4.21. The van der Waals surface area contributed by atoms with Crippen molar-refractivity contribution < 1.29 is 19.4 Å². The van der Waals surface area contributed by atoms with Gasteiger partial charge in [0.25, 0.3) is 5.91 Å². The number of ether oxygens (including phenoxy) is 1. The Balaban J connectivity index is 1.73. The van der Waals surface area contributed by atoms with E-state index in [2.05, 4.69) is 5.32 Å². The predicted molar refractivity (Wildman–Crippen MR) is 118 cm³/mol. The number of carbonyl (C=O) groups excluding carboxylic acids is 1. The molecule has 0 saturated heterocycles. The minimum atomic E-state index is -0.936. The summed E-state index contributed by atoms with van der Waals surface area (Å²) >= 11 is 18.1. The van der Waals surface area contributed by atoms with Crippen molar-refractivity contribution in [1.29, 1.82) is 0 Å². The van der Waals surface area contributed by atoms with Gasteiger partial charge in [0.1, 0.15) is 11.5 Å². The molecule has 0 aliphatic carbocycles. The van der Waals surface area contributed by atoms with Gasteiger partial charge in [-0.05, 0) is 66.6 Å². The van der Waals surface area contributed by atoms with Crippen LogP contribution in [-0.2, 0) is 11.2 Å². The van der Waals surface area contributed by atoms with Crippen molar-refractivity contribution in [2.24, 2.45) is 0 Å². The second-order valence-electron chi connectivity index (χ2n) is 6.50. The molecule has 3 rings (SSSR count). The monoisotopic (exact) mass is 463 g/mol. The quantitative estimate of drug-likeness (QED) is 0.429. The first-order valence-corrected chi connectivity index (χ1v) is 9.91. The number of carboxylic acids is 1. The lowest BCUT2D eigenvalue weighted by Crippen LogP contribution is -2.12. The lowest BCUT2D eigenvalue weighted by molar-refractivity contribution is -0.136. The molecule has 0 radical (unpaired) electrons. The van der Waals surface area contributed by atoms with Crippen LogP contribution in [0.3, 0.4) is 0 Å². The highest BCUT2D eigenvalue weighted by Gasteiger charge is 2.12. The molecule has 0 atom stereocenters. The molecule has 0 unspecified atom stereocenters. The Kier molecular flexibility index (Phi) is 6.87. The van der Waals surface area contributed by atoms with Gasteiger partial charge in [-0.15, -0.1) is 0 Å². The van der Waals surface area contributed by atoms with Crippen LogP contribution in [0, 0.1) is 6.92 Å². The van der Waals surface area contributed by atoms with Gasteiger partial charge in [-0.3, -0.25) is 9.59 Å². The van der Waals surface area contributed by atoms with Gasteiger partial charge < -0.3 is 15.2 Å². The minimum Gasteiger partial charge on any atom is -0.481 e. The molecule has 3 aromatic carbocycles. The van der Waals surface area contributed by atoms with Gasteiger partial charge in [-0.25, -0.2) is 0 Å². The topological polar surface area (TPSA) is 75.6 Å². The molecule has 0 aliphatic rings. The van der Waals surface area contributed by atoms with Gasteiger partial charge >= 0.3 is 5.97 Å². The van der Waals surface area contributed by atoms with Gasteiger partial charge in [-0.1, -0.05) is 40.9 Å². The molecule has 0 aliphatic heterocycles. The number of aliphatic carboxylic acids is 1. The summed E-state index contributed by atoms with van der Waals surface area (Å²) in [6.07, 6.45) is -0.119. The largest absolute Gasteiger partial charge is 0.481 e. The molecule has 0 bridgehead atoms. The fourth-order valence-electron chi connectivity index (χ4n) is 2.71. The number of benzene rings is 3. The Morgan fingerprint density at radius 3 is 2.33 bits per heavy atom. The summed E-state index contributed by atoms with van der Waals surface area (Å²) < 4.78 is 5.80. The van der Waals surface area contributed by atoms with Crippen molar-refractivity contribution in [3.8, 4) is 11.5 Å². The Bertz CT molecular complexity index is 1130. The smallest absolute Gasteiger partial charge is 0.307 e. The van der Waals surface area contributed by atoms with Crippen molar-refractivity contribution in [1.82, 2.24) is 0 Å². The molecule has 0 heterocycles. The van der Waals surface area contributed by atoms with E-state index in [0.29, 0.717) is 43.4 Å². The van der Waals surface area contributed by atoms with Crippen LogP contribution < -0.4 is 10.1 Å². The first-order valence-electron chi connectivity index (χ1n) is 8.78. The van der Waals surface area contributed by atoms with Gasteiger partial charge in [-0.2, -0.15) is 0 Å². The summed E-state index contributed by atoms with van der Waals surface area (Å²) in [4.78, 5) is 23.3. The molecule has 0 aromatic heterocycles. The molecule has 5 nitrogen and oxygen atoms in total. The van der Waals surface area contributed by atoms with Crippen molar-refractivity contribution in [3.05, 3.63) is 86.4 Å². The standard InChI is InChI=1S/C22H16Cl3NO4/c1-12-8-15(30-20-7-2-13(9-18(20)25)10-21(27)28)4-6-19(12)26-22(29)14-3-5-16(23)17(24)11-14/h2-9,11H,10H2,1H3,(H,26,29)(H,27,28). The van der Waals surface area contributed by atoms with E-state index in [1.54, 1.807) is 48.5 Å². The van der Waals surface area contributed by atoms with Gasteiger partial charge in [0, 0.05) is 11.3 Å². The Labute approximate surface area is 188 Å². The van der Waals surface area contributed by atoms with Crippen LogP contribution in [0.5, 0.6) is 11.5 Å². The summed E-state index contributed by atoms with van der Waals surface area (Å²) in [6.45, 7) is 1.83. The first kappa shape index (κ1) is 22.0. The number of carbonyl (C=O) groups is 2. The van der Waals surface area contributed by atoms with E-state index >= 15 is 0 Å². The van der Waals surface area contributed by atoms with E-state index < -0.39 is 5.97 Å². The maximum Gasteiger partial charge on any atom is 0.307 e. The molecule has 154 valence electrons.